The lowest BCUT2D eigenvalue weighted by Crippen LogP contribution is -2.40. The maximum atomic E-state index is 14.7. The van der Waals surface area contributed by atoms with Gasteiger partial charge in [-0.1, -0.05) is 36.4 Å². The molecule has 0 saturated carbocycles. The number of hydrogen-bond donors (Lipinski definition) is 3. The predicted molar refractivity (Wildman–Crippen MR) is 134 cm³/mol. The van der Waals surface area contributed by atoms with Gasteiger partial charge in [-0.2, -0.15) is 0 Å². The number of para-hydroxylation sites is 1. The van der Waals surface area contributed by atoms with Crippen LogP contribution < -0.4 is 9.64 Å². The van der Waals surface area contributed by atoms with Crippen LogP contribution in [-0.4, -0.2) is 28.3 Å². The summed E-state index contributed by atoms with van der Waals surface area (Å²) >= 11 is 0. The Bertz CT molecular complexity index is 1450. The average Bonchev–Trinajstić information content (AvgIpc) is 3.11. The van der Waals surface area contributed by atoms with E-state index in [0.29, 0.717) is 44.9 Å². The number of carbonyl (C=O) groups is 1. The Morgan fingerprint density at radius 1 is 0.800 bits per heavy atom. The van der Waals surface area contributed by atoms with Crippen LogP contribution in [0.15, 0.2) is 78.9 Å². The fraction of sp³-hybridized carbons (Fsp3) is 0.138. The van der Waals surface area contributed by atoms with E-state index in [1.807, 2.05) is 42.5 Å². The smallest absolute Gasteiger partial charge is 0.251 e. The van der Waals surface area contributed by atoms with Crippen molar-refractivity contribution >= 4 is 17.3 Å². The lowest BCUT2D eigenvalue weighted by atomic mass is 9.69. The zero-order valence-electron chi connectivity index (χ0n) is 19.6. The highest BCUT2D eigenvalue weighted by Crippen LogP contribution is 2.55. The second-order valence-corrected chi connectivity index (χ2v) is 8.77. The van der Waals surface area contributed by atoms with Crippen molar-refractivity contribution in [2.24, 2.45) is 0 Å². The van der Waals surface area contributed by atoms with Crippen molar-refractivity contribution in [3.05, 3.63) is 107 Å². The number of aromatic hydroxyl groups is 3. The predicted octanol–water partition coefficient (Wildman–Crippen LogP) is 5.44. The van der Waals surface area contributed by atoms with E-state index < -0.39 is 5.41 Å². The number of methoxy groups -OCH3 is 1. The van der Waals surface area contributed by atoms with Crippen molar-refractivity contribution in [3.8, 4) is 23.0 Å². The number of hydrogen-bond acceptors (Lipinski definition) is 5. The van der Waals surface area contributed by atoms with Gasteiger partial charge in [0, 0.05) is 23.3 Å². The third-order valence-electron chi connectivity index (χ3n) is 6.69. The Labute approximate surface area is 203 Å². The lowest BCUT2D eigenvalue weighted by molar-refractivity contribution is -0.120. The molecule has 1 heterocycles. The topological polar surface area (TPSA) is 90.2 Å². The lowest BCUT2D eigenvalue weighted by Gasteiger charge is -2.31. The van der Waals surface area contributed by atoms with Crippen LogP contribution in [0.3, 0.4) is 0 Å². The molecule has 6 nitrogen and oxygen atoms in total. The van der Waals surface area contributed by atoms with Crippen LogP contribution in [-0.2, 0) is 10.2 Å². The van der Waals surface area contributed by atoms with E-state index in [0.717, 1.165) is 0 Å². The molecule has 1 unspecified atom stereocenters. The molecule has 0 spiro atoms. The molecule has 1 atom stereocenters. The summed E-state index contributed by atoms with van der Waals surface area (Å²) in [6.45, 7) is 3.56. The Kier molecular flexibility index (Phi) is 5.17. The van der Waals surface area contributed by atoms with Crippen molar-refractivity contribution in [2.75, 3.05) is 12.0 Å². The molecule has 0 radical (unpaired) electrons. The number of benzene rings is 4. The maximum Gasteiger partial charge on any atom is 0.251 e. The van der Waals surface area contributed by atoms with Crippen molar-refractivity contribution in [3.63, 3.8) is 0 Å². The van der Waals surface area contributed by atoms with Crippen molar-refractivity contribution < 1.29 is 24.9 Å². The molecule has 0 aliphatic carbocycles. The molecule has 6 heteroatoms. The number of nitrogens with zero attached hydrogens (tertiary/aromatic N) is 1. The van der Waals surface area contributed by atoms with E-state index >= 15 is 0 Å². The minimum absolute atomic E-state index is 0.108. The molecule has 4 aromatic rings. The van der Waals surface area contributed by atoms with Gasteiger partial charge in [-0.25, -0.2) is 0 Å². The molecule has 1 aliphatic rings. The summed E-state index contributed by atoms with van der Waals surface area (Å²) in [4.78, 5) is 16.3. The molecular weight excluding hydrogens is 442 g/mol. The summed E-state index contributed by atoms with van der Waals surface area (Å²) in [6.07, 6.45) is 0. The van der Waals surface area contributed by atoms with E-state index in [4.69, 9.17) is 4.74 Å². The summed E-state index contributed by atoms with van der Waals surface area (Å²) in [5, 5.41) is 31.5. The molecule has 1 aliphatic heterocycles. The first-order chi connectivity index (χ1) is 16.8. The van der Waals surface area contributed by atoms with E-state index in [1.165, 1.54) is 12.1 Å². The minimum atomic E-state index is -1.43. The van der Waals surface area contributed by atoms with Gasteiger partial charge in [0.25, 0.3) is 5.91 Å². The van der Waals surface area contributed by atoms with Gasteiger partial charge in [-0.15, -0.1) is 0 Å². The number of phenolic OH excluding ortho intramolecular Hbond substituents is 3. The van der Waals surface area contributed by atoms with Crippen LogP contribution in [0.25, 0.3) is 0 Å². The minimum Gasteiger partial charge on any atom is -0.508 e. The molecule has 0 fully saturated rings. The zero-order valence-corrected chi connectivity index (χ0v) is 19.6. The fourth-order valence-corrected chi connectivity index (χ4v) is 5.09. The zero-order chi connectivity index (χ0) is 24.9. The van der Waals surface area contributed by atoms with Gasteiger partial charge in [-0.3, -0.25) is 9.69 Å². The number of fused-ring (bicyclic) bond motifs is 1. The Morgan fingerprint density at radius 3 is 2.20 bits per heavy atom. The molecule has 5 rings (SSSR count). The van der Waals surface area contributed by atoms with Crippen LogP contribution in [0.5, 0.6) is 23.0 Å². The molecule has 0 bridgehead atoms. The van der Waals surface area contributed by atoms with Crippen molar-refractivity contribution in [1.82, 2.24) is 0 Å². The summed E-state index contributed by atoms with van der Waals surface area (Å²) < 4.78 is 5.40. The number of carbonyl (C=O) groups excluding carboxylic acids is 1. The third kappa shape index (κ3) is 3.21. The fourth-order valence-electron chi connectivity index (χ4n) is 5.09. The van der Waals surface area contributed by atoms with Crippen LogP contribution in [0.2, 0.25) is 0 Å². The first-order valence-corrected chi connectivity index (χ1v) is 11.2. The Morgan fingerprint density at radius 2 is 1.51 bits per heavy atom. The highest BCUT2D eigenvalue weighted by molar-refractivity contribution is 6.17. The SMILES string of the molecule is COc1cccc(N2C(=O)C(c3cc(C)c(O)c(C)c3)(c3ccc(O)cc3O)c3ccccc32)c1. The molecule has 1 amide bonds. The Hall–Kier alpha value is -4.45. The number of aryl methyl sites for hydroxylation is 2. The second kappa shape index (κ2) is 8.09. The van der Waals surface area contributed by atoms with Crippen LogP contribution in [0, 0.1) is 13.8 Å². The molecule has 35 heavy (non-hydrogen) atoms. The Balaban J connectivity index is 1.90. The van der Waals surface area contributed by atoms with Crippen LogP contribution >= 0.6 is 0 Å². The number of anilines is 2. The standard InChI is InChI=1S/C29H25NO5/c1-17-13-19(14-18(2)27(17)33)29(24-12-11-21(31)16-26(24)32)23-9-4-5-10-25(23)30(28(29)34)20-7-6-8-22(15-20)35-3/h4-16,31-33H,1-3H3. The second-order valence-electron chi connectivity index (χ2n) is 8.77. The quantitative estimate of drug-likeness (QED) is 0.372. The third-order valence-corrected chi connectivity index (χ3v) is 6.69. The van der Waals surface area contributed by atoms with Gasteiger partial charge in [0.15, 0.2) is 0 Å². The largest absolute Gasteiger partial charge is 0.508 e. The van der Waals surface area contributed by atoms with Gasteiger partial charge in [-0.05, 0) is 60.9 Å². The van der Waals surface area contributed by atoms with E-state index in [9.17, 15) is 20.1 Å². The average molecular weight is 468 g/mol. The first-order valence-electron chi connectivity index (χ1n) is 11.2. The van der Waals surface area contributed by atoms with Gasteiger partial charge in [0.05, 0.1) is 18.5 Å². The van der Waals surface area contributed by atoms with Gasteiger partial charge >= 0.3 is 0 Å². The monoisotopic (exact) mass is 467 g/mol. The molecule has 4 aromatic carbocycles. The normalized spacial score (nSPS) is 16.9. The van der Waals surface area contributed by atoms with Crippen molar-refractivity contribution in [2.45, 2.75) is 19.3 Å². The summed E-state index contributed by atoms with van der Waals surface area (Å²) in [7, 11) is 1.57. The van der Waals surface area contributed by atoms with E-state index in [-0.39, 0.29) is 23.2 Å². The van der Waals surface area contributed by atoms with Gasteiger partial charge < -0.3 is 20.1 Å². The van der Waals surface area contributed by atoms with Crippen molar-refractivity contribution in [1.29, 1.82) is 0 Å². The van der Waals surface area contributed by atoms with Gasteiger partial charge in [0.1, 0.15) is 28.4 Å². The maximum absolute atomic E-state index is 14.7. The first kappa shape index (κ1) is 22.3. The molecule has 0 saturated heterocycles. The number of phenols is 3. The number of ether oxygens (including phenoxy) is 1. The van der Waals surface area contributed by atoms with Crippen LogP contribution in [0.4, 0.5) is 11.4 Å². The number of rotatable bonds is 4. The number of amides is 1. The van der Waals surface area contributed by atoms with Gasteiger partial charge in [0.2, 0.25) is 0 Å². The van der Waals surface area contributed by atoms with E-state index in [1.54, 1.807) is 50.1 Å². The summed E-state index contributed by atoms with van der Waals surface area (Å²) in [5.41, 5.74) is 2.71. The molecule has 176 valence electrons. The highest BCUT2D eigenvalue weighted by atomic mass is 16.5. The molecule has 0 aromatic heterocycles. The molecule has 3 N–H and O–H groups in total. The van der Waals surface area contributed by atoms with E-state index in [2.05, 4.69) is 0 Å². The molecular formula is C29H25NO5. The summed E-state index contributed by atoms with van der Waals surface area (Å²) in [6, 6.07) is 22.5. The van der Waals surface area contributed by atoms with Crippen LogP contribution in [0.1, 0.15) is 27.8 Å². The summed E-state index contributed by atoms with van der Waals surface area (Å²) in [5.74, 6) is 0.153. The highest BCUT2D eigenvalue weighted by Gasteiger charge is 2.55.